The molecule has 0 spiro atoms. The van der Waals surface area contributed by atoms with Crippen LogP contribution in [0.2, 0.25) is 0 Å². The fraction of sp³-hybridized carbons (Fsp3) is 0.269. The van der Waals surface area contributed by atoms with Crippen LogP contribution in [0, 0.1) is 0 Å². The van der Waals surface area contributed by atoms with Crippen molar-refractivity contribution in [1.82, 2.24) is 10.0 Å². The van der Waals surface area contributed by atoms with Crippen LogP contribution < -0.4 is 14.8 Å². The molecule has 1 fully saturated rings. The van der Waals surface area contributed by atoms with Crippen LogP contribution in [0.4, 0.5) is 0 Å². The van der Waals surface area contributed by atoms with Crippen LogP contribution in [-0.2, 0) is 14.8 Å². The zero-order valence-electron chi connectivity index (χ0n) is 18.9. The highest BCUT2D eigenvalue weighted by molar-refractivity contribution is 7.89. The van der Waals surface area contributed by atoms with E-state index < -0.39 is 10.0 Å². The Morgan fingerprint density at radius 1 is 1.00 bits per heavy atom. The van der Waals surface area contributed by atoms with Gasteiger partial charge in [0.25, 0.3) is 5.91 Å². The van der Waals surface area contributed by atoms with Gasteiger partial charge in [-0.3, -0.25) is 4.79 Å². The van der Waals surface area contributed by atoms with Gasteiger partial charge in [0.15, 0.2) is 0 Å². The Morgan fingerprint density at radius 2 is 1.68 bits per heavy atom. The van der Waals surface area contributed by atoms with Crippen LogP contribution in [0.15, 0.2) is 83.8 Å². The lowest BCUT2D eigenvalue weighted by molar-refractivity contribution is 0.0943. The molecule has 3 aromatic rings. The van der Waals surface area contributed by atoms with Gasteiger partial charge in [0.05, 0.1) is 24.2 Å². The van der Waals surface area contributed by atoms with E-state index in [0.717, 1.165) is 29.7 Å². The van der Waals surface area contributed by atoms with Gasteiger partial charge >= 0.3 is 0 Å². The Labute approximate surface area is 200 Å². The molecule has 1 saturated heterocycles. The summed E-state index contributed by atoms with van der Waals surface area (Å²) >= 11 is 0. The Bertz CT molecular complexity index is 1190. The van der Waals surface area contributed by atoms with E-state index in [1.165, 1.54) is 24.3 Å². The average Bonchev–Trinajstić information content (AvgIpc) is 3.41. The first-order chi connectivity index (χ1) is 16.5. The van der Waals surface area contributed by atoms with E-state index >= 15 is 0 Å². The first-order valence-electron chi connectivity index (χ1n) is 11.2. The molecule has 0 radical (unpaired) electrons. The van der Waals surface area contributed by atoms with Crippen LogP contribution in [0.25, 0.3) is 0 Å². The van der Waals surface area contributed by atoms with E-state index in [4.69, 9.17) is 9.47 Å². The van der Waals surface area contributed by atoms with Crippen LogP contribution >= 0.6 is 0 Å². The molecule has 0 saturated carbocycles. The largest absolute Gasteiger partial charge is 0.497 e. The highest BCUT2D eigenvalue weighted by Gasteiger charge is 2.22. The first kappa shape index (κ1) is 23.9. The number of amides is 1. The van der Waals surface area contributed by atoms with E-state index in [1.807, 2.05) is 54.6 Å². The Morgan fingerprint density at radius 3 is 2.29 bits per heavy atom. The normalized spacial score (nSPS) is 16.7. The number of benzene rings is 3. The number of carbonyl (C=O) groups excluding carboxylic acids is 1. The third-order valence-corrected chi connectivity index (χ3v) is 7.25. The zero-order valence-corrected chi connectivity index (χ0v) is 19.8. The molecular weight excluding hydrogens is 452 g/mol. The molecular formula is C26H28N2O5S. The number of rotatable bonds is 9. The Hall–Kier alpha value is -3.20. The number of ether oxygens (including phenoxy) is 2. The predicted molar refractivity (Wildman–Crippen MR) is 129 cm³/mol. The van der Waals surface area contributed by atoms with Gasteiger partial charge < -0.3 is 14.8 Å². The number of methoxy groups -OCH3 is 1. The van der Waals surface area contributed by atoms with Gasteiger partial charge in [-0.25, -0.2) is 13.1 Å². The summed E-state index contributed by atoms with van der Waals surface area (Å²) < 4.78 is 38.5. The van der Waals surface area contributed by atoms with Gasteiger partial charge in [0.1, 0.15) is 5.75 Å². The molecule has 7 nitrogen and oxygen atoms in total. The molecule has 4 rings (SSSR count). The van der Waals surface area contributed by atoms with Crippen molar-refractivity contribution in [3.63, 3.8) is 0 Å². The van der Waals surface area contributed by atoms with Gasteiger partial charge in [-0.15, -0.1) is 0 Å². The number of sulfonamides is 1. The fourth-order valence-corrected chi connectivity index (χ4v) is 4.96. The lowest BCUT2D eigenvalue weighted by Gasteiger charge is -2.20. The minimum Gasteiger partial charge on any atom is -0.497 e. The first-order valence-corrected chi connectivity index (χ1v) is 12.7. The number of hydrogen-bond donors (Lipinski definition) is 2. The van der Waals surface area contributed by atoms with Crippen molar-refractivity contribution < 1.29 is 22.7 Å². The van der Waals surface area contributed by atoms with Crippen molar-refractivity contribution in [3.05, 3.63) is 95.6 Å². The van der Waals surface area contributed by atoms with Gasteiger partial charge in [-0.1, -0.05) is 42.5 Å². The van der Waals surface area contributed by atoms with Gasteiger partial charge in [-0.2, -0.15) is 0 Å². The maximum atomic E-state index is 13.1. The molecule has 1 heterocycles. The molecule has 2 unspecified atom stereocenters. The van der Waals surface area contributed by atoms with Gasteiger partial charge in [0, 0.05) is 18.7 Å². The van der Waals surface area contributed by atoms with Crippen molar-refractivity contribution in [3.8, 4) is 5.75 Å². The maximum Gasteiger partial charge on any atom is 0.252 e. The smallest absolute Gasteiger partial charge is 0.252 e. The molecule has 0 aromatic heterocycles. The van der Waals surface area contributed by atoms with Crippen molar-refractivity contribution in [1.29, 1.82) is 0 Å². The summed E-state index contributed by atoms with van der Waals surface area (Å²) in [7, 11) is -2.07. The molecule has 0 bridgehead atoms. The fourth-order valence-electron chi connectivity index (χ4n) is 3.89. The minimum absolute atomic E-state index is 0.0901. The molecule has 178 valence electrons. The standard InChI is InChI=1S/C26H28N2O5S/c1-32-22-13-9-20(10-14-22)25(19-6-3-2-4-7-19)28-26(29)21-11-15-24(16-12-21)34(30,31)27-18-23-8-5-17-33-23/h2-4,6-7,9-16,23,25,27H,5,8,17-18H2,1H3,(H,28,29). The summed E-state index contributed by atoms with van der Waals surface area (Å²) in [5.41, 5.74) is 2.20. The second-order valence-electron chi connectivity index (χ2n) is 8.10. The molecule has 2 N–H and O–H groups in total. The zero-order chi connectivity index (χ0) is 24.0. The van der Waals surface area contributed by atoms with E-state index in [9.17, 15) is 13.2 Å². The lowest BCUT2D eigenvalue weighted by Crippen LogP contribution is -2.32. The highest BCUT2D eigenvalue weighted by Crippen LogP contribution is 2.25. The summed E-state index contributed by atoms with van der Waals surface area (Å²) in [6.07, 6.45) is 1.70. The summed E-state index contributed by atoms with van der Waals surface area (Å²) in [4.78, 5) is 13.2. The summed E-state index contributed by atoms with van der Waals surface area (Å²) in [6.45, 7) is 0.905. The monoisotopic (exact) mass is 480 g/mol. The van der Waals surface area contributed by atoms with E-state index in [-0.39, 0.29) is 29.5 Å². The maximum absolute atomic E-state index is 13.1. The van der Waals surface area contributed by atoms with Crippen molar-refractivity contribution >= 4 is 15.9 Å². The highest BCUT2D eigenvalue weighted by atomic mass is 32.2. The van der Waals surface area contributed by atoms with E-state index in [0.29, 0.717) is 12.2 Å². The van der Waals surface area contributed by atoms with E-state index in [1.54, 1.807) is 7.11 Å². The molecule has 34 heavy (non-hydrogen) atoms. The topological polar surface area (TPSA) is 93.7 Å². The van der Waals surface area contributed by atoms with Crippen LogP contribution in [0.5, 0.6) is 5.75 Å². The molecule has 1 aliphatic heterocycles. The van der Waals surface area contributed by atoms with Crippen molar-refractivity contribution in [2.75, 3.05) is 20.3 Å². The van der Waals surface area contributed by atoms with Crippen LogP contribution in [0.3, 0.4) is 0 Å². The second kappa shape index (κ2) is 10.8. The Balaban J connectivity index is 1.49. The number of hydrogen-bond acceptors (Lipinski definition) is 5. The van der Waals surface area contributed by atoms with E-state index in [2.05, 4.69) is 10.0 Å². The number of carbonyl (C=O) groups is 1. The lowest BCUT2D eigenvalue weighted by atomic mass is 9.98. The third kappa shape index (κ3) is 5.83. The molecule has 2 atom stereocenters. The second-order valence-corrected chi connectivity index (χ2v) is 9.87. The van der Waals surface area contributed by atoms with Crippen molar-refractivity contribution in [2.24, 2.45) is 0 Å². The summed E-state index contributed by atoms with van der Waals surface area (Å²) in [6, 6.07) is 22.7. The molecule has 1 aliphatic rings. The molecule has 1 amide bonds. The summed E-state index contributed by atoms with van der Waals surface area (Å²) in [5, 5.41) is 3.06. The summed E-state index contributed by atoms with van der Waals surface area (Å²) in [5.74, 6) is 0.424. The third-order valence-electron chi connectivity index (χ3n) is 5.81. The SMILES string of the molecule is COc1ccc(C(NC(=O)c2ccc(S(=O)(=O)NCC3CCCO3)cc2)c2ccccc2)cc1. The number of nitrogens with one attached hydrogen (secondary N) is 2. The minimum atomic E-state index is -3.68. The molecule has 3 aromatic carbocycles. The quantitative estimate of drug-likeness (QED) is 0.487. The molecule has 8 heteroatoms. The van der Waals surface area contributed by atoms with Crippen molar-refractivity contribution in [2.45, 2.75) is 29.9 Å². The molecule has 0 aliphatic carbocycles. The van der Waals surface area contributed by atoms with Gasteiger partial charge in [-0.05, 0) is 60.4 Å². The van der Waals surface area contributed by atoms with Gasteiger partial charge in [0.2, 0.25) is 10.0 Å². The van der Waals surface area contributed by atoms with Crippen LogP contribution in [-0.4, -0.2) is 40.7 Å². The average molecular weight is 481 g/mol. The van der Waals surface area contributed by atoms with Crippen LogP contribution in [0.1, 0.15) is 40.4 Å². The predicted octanol–water partition coefficient (Wildman–Crippen LogP) is 3.67. The Kier molecular flexibility index (Phi) is 7.62.